The molecule has 0 amide bonds. The van der Waals surface area contributed by atoms with E-state index >= 15 is 0 Å². The van der Waals surface area contributed by atoms with Crippen LogP contribution in [0.2, 0.25) is 0 Å². The maximum atomic E-state index is 11.3. The molecule has 0 atom stereocenters. The lowest BCUT2D eigenvalue weighted by Gasteiger charge is -2.26. The van der Waals surface area contributed by atoms with E-state index in [0.29, 0.717) is 12.8 Å². The van der Waals surface area contributed by atoms with Crippen LogP contribution in [0.5, 0.6) is 0 Å². The van der Waals surface area contributed by atoms with Gasteiger partial charge in [0.1, 0.15) is 5.54 Å². The van der Waals surface area contributed by atoms with Crippen LogP contribution in [-0.2, 0) is 4.79 Å². The second kappa shape index (κ2) is 4.61. The molecule has 0 aromatic heterocycles. The van der Waals surface area contributed by atoms with Crippen molar-refractivity contribution >= 4 is 34.2 Å². The molecule has 86 valence electrons. The first-order valence-electron chi connectivity index (χ1n) is 5.40. The quantitative estimate of drug-likeness (QED) is 0.837. The zero-order chi connectivity index (χ0) is 11.6. The lowest BCUT2D eigenvalue weighted by atomic mass is 9.97. The number of carboxylic acids is 1. The summed E-state index contributed by atoms with van der Waals surface area (Å²) in [5, 5.41) is 12.5. The van der Waals surface area contributed by atoms with Gasteiger partial charge in [0, 0.05) is 9.26 Å². The Balaban J connectivity index is 2.21. The molecule has 16 heavy (non-hydrogen) atoms. The van der Waals surface area contributed by atoms with Gasteiger partial charge in [-0.1, -0.05) is 18.9 Å². The van der Waals surface area contributed by atoms with E-state index in [2.05, 4.69) is 27.9 Å². The lowest BCUT2D eigenvalue weighted by Crippen LogP contribution is -2.43. The number of rotatable bonds is 3. The van der Waals surface area contributed by atoms with E-state index in [1.807, 2.05) is 24.3 Å². The smallest absolute Gasteiger partial charge is 0.329 e. The Kier molecular flexibility index (Phi) is 3.37. The van der Waals surface area contributed by atoms with Crippen LogP contribution in [0.1, 0.15) is 25.7 Å². The number of hydrogen-bond acceptors (Lipinski definition) is 2. The van der Waals surface area contributed by atoms with Crippen LogP contribution < -0.4 is 5.32 Å². The van der Waals surface area contributed by atoms with Crippen molar-refractivity contribution in [1.82, 2.24) is 0 Å². The van der Waals surface area contributed by atoms with E-state index in [9.17, 15) is 9.90 Å². The topological polar surface area (TPSA) is 49.3 Å². The summed E-state index contributed by atoms with van der Waals surface area (Å²) < 4.78 is 1.11. The maximum Gasteiger partial charge on any atom is 0.329 e. The highest BCUT2D eigenvalue weighted by Crippen LogP contribution is 2.33. The molecule has 0 radical (unpaired) electrons. The molecule has 1 aliphatic carbocycles. The van der Waals surface area contributed by atoms with Gasteiger partial charge in [-0.05, 0) is 53.6 Å². The zero-order valence-electron chi connectivity index (χ0n) is 8.87. The molecule has 1 aromatic carbocycles. The summed E-state index contributed by atoms with van der Waals surface area (Å²) in [5.41, 5.74) is 0.154. The van der Waals surface area contributed by atoms with Crippen molar-refractivity contribution < 1.29 is 9.90 Å². The van der Waals surface area contributed by atoms with Crippen LogP contribution in [0.15, 0.2) is 24.3 Å². The van der Waals surface area contributed by atoms with E-state index < -0.39 is 11.5 Å². The fourth-order valence-corrected chi connectivity index (χ4v) is 2.76. The fraction of sp³-hybridized carbons (Fsp3) is 0.417. The normalized spacial score (nSPS) is 18.3. The van der Waals surface area contributed by atoms with Gasteiger partial charge in [0.15, 0.2) is 0 Å². The zero-order valence-corrected chi connectivity index (χ0v) is 11.0. The summed E-state index contributed by atoms with van der Waals surface area (Å²) in [5.74, 6) is -0.733. The Bertz CT molecular complexity index is 400. The monoisotopic (exact) mass is 331 g/mol. The van der Waals surface area contributed by atoms with E-state index in [0.717, 1.165) is 22.1 Å². The van der Waals surface area contributed by atoms with Gasteiger partial charge in [-0.3, -0.25) is 0 Å². The maximum absolute atomic E-state index is 11.3. The van der Waals surface area contributed by atoms with Gasteiger partial charge in [-0.15, -0.1) is 0 Å². The predicted octanol–water partition coefficient (Wildman–Crippen LogP) is 3.10. The Morgan fingerprint density at radius 2 is 2.06 bits per heavy atom. The van der Waals surface area contributed by atoms with E-state index in [4.69, 9.17) is 0 Å². The van der Waals surface area contributed by atoms with Crippen molar-refractivity contribution in [3.05, 3.63) is 27.8 Å². The third-order valence-electron chi connectivity index (χ3n) is 3.07. The summed E-state index contributed by atoms with van der Waals surface area (Å²) in [7, 11) is 0. The van der Waals surface area contributed by atoms with Gasteiger partial charge in [0.25, 0.3) is 0 Å². The largest absolute Gasteiger partial charge is 0.480 e. The summed E-state index contributed by atoms with van der Waals surface area (Å²) in [6.07, 6.45) is 3.41. The first-order valence-corrected chi connectivity index (χ1v) is 6.47. The molecule has 2 N–H and O–H groups in total. The van der Waals surface area contributed by atoms with Gasteiger partial charge in [0.2, 0.25) is 0 Å². The van der Waals surface area contributed by atoms with Gasteiger partial charge in [-0.2, -0.15) is 0 Å². The van der Waals surface area contributed by atoms with Crippen molar-refractivity contribution in [1.29, 1.82) is 0 Å². The summed E-state index contributed by atoms with van der Waals surface area (Å²) >= 11 is 2.23. The molecule has 0 saturated heterocycles. The standard InChI is InChI=1S/C12H14INO2/c13-9-4-3-5-10(8-9)14-12(11(15)16)6-1-2-7-12/h3-5,8,14H,1-2,6-7H2,(H,15,16). The fourth-order valence-electron chi connectivity index (χ4n) is 2.21. The summed E-state index contributed by atoms with van der Waals surface area (Å²) in [6, 6.07) is 7.83. The summed E-state index contributed by atoms with van der Waals surface area (Å²) in [6.45, 7) is 0. The lowest BCUT2D eigenvalue weighted by molar-refractivity contribution is -0.142. The molecule has 0 aliphatic heterocycles. The molecule has 1 aliphatic rings. The van der Waals surface area contributed by atoms with E-state index in [1.165, 1.54) is 0 Å². The summed E-state index contributed by atoms with van der Waals surface area (Å²) in [4.78, 5) is 11.3. The highest BCUT2D eigenvalue weighted by molar-refractivity contribution is 14.1. The van der Waals surface area contributed by atoms with Crippen molar-refractivity contribution in [2.45, 2.75) is 31.2 Å². The molecule has 4 heteroatoms. The van der Waals surface area contributed by atoms with E-state index in [1.54, 1.807) is 0 Å². The molecule has 1 saturated carbocycles. The first kappa shape index (κ1) is 11.7. The van der Waals surface area contributed by atoms with Crippen LogP contribution in [0.4, 0.5) is 5.69 Å². The number of carbonyl (C=O) groups is 1. The molecule has 2 rings (SSSR count). The first-order chi connectivity index (χ1) is 7.62. The minimum atomic E-state index is -0.746. The molecule has 1 aromatic rings. The van der Waals surface area contributed by atoms with Crippen LogP contribution in [-0.4, -0.2) is 16.6 Å². The molecule has 0 spiro atoms. The number of halogens is 1. The third kappa shape index (κ3) is 2.31. The SMILES string of the molecule is O=C(O)C1(Nc2cccc(I)c2)CCCC1. The molecular weight excluding hydrogens is 317 g/mol. The van der Waals surface area contributed by atoms with Gasteiger partial charge in [0.05, 0.1) is 0 Å². The molecule has 3 nitrogen and oxygen atoms in total. The Morgan fingerprint density at radius 1 is 1.38 bits per heavy atom. The molecular formula is C12H14INO2. The highest BCUT2D eigenvalue weighted by atomic mass is 127. The van der Waals surface area contributed by atoms with Crippen molar-refractivity contribution in [2.75, 3.05) is 5.32 Å². The Labute approximate surface area is 108 Å². The van der Waals surface area contributed by atoms with Crippen LogP contribution in [0.25, 0.3) is 0 Å². The average molecular weight is 331 g/mol. The second-order valence-corrected chi connectivity index (χ2v) is 5.48. The second-order valence-electron chi connectivity index (χ2n) is 4.23. The van der Waals surface area contributed by atoms with Gasteiger partial charge in [-0.25, -0.2) is 4.79 Å². The van der Waals surface area contributed by atoms with Crippen LogP contribution in [0, 0.1) is 3.57 Å². The number of benzene rings is 1. The Morgan fingerprint density at radius 3 is 2.62 bits per heavy atom. The van der Waals surface area contributed by atoms with Crippen molar-refractivity contribution in [3.63, 3.8) is 0 Å². The number of hydrogen-bond donors (Lipinski definition) is 2. The van der Waals surface area contributed by atoms with Crippen molar-refractivity contribution in [2.24, 2.45) is 0 Å². The average Bonchev–Trinajstić information content (AvgIpc) is 2.67. The molecule has 0 heterocycles. The number of nitrogens with one attached hydrogen (secondary N) is 1. The van der Waals surface area contributed by atoms with E-state index in [-0.39, 0.29) is 0 Å². The minimum absolute atomic E-state index is 0.716. The highest BCUT2D eigenvalue weighted by Gasteiger charge is 2.41. The number of anilines is 1. The van der Waals surface area contributed by atoms with Gasteiger partial charge < -0.3 is 10.4 Å². The molecule has 1 fully saturated rings. The van der Waals surface area contributed by atoms with Crippen LogP contribution >= 0.6 is 22.6 Å². The third-order valence-corrected chi connectivity index (χ3v) is 3.75. The molecule has 0 bridgehead atoms. The minimum Gasteiger partial charge on any atom is -0.480 e. The Hall–Kier alpha value is -0.780. The predicted molar refractivity (Wildman–Crippen MR) is 71.6 cm³/mol. The van der Waals surface area contributed by atoms with Crippen molar-refractivity contribution in [3.8, 4) is 0 Å². The van der Waals surface area contributed by atoms with Crippen LogP contribution in [0.3, 0.4) is 0 Å². The van der Waals surface area contributed by atoms with Gasteiger partial charge >= 0.3 is 5.97 Å². The number of aliphatic carboxylic acids is 1. The molecule has 0 unspecified atom stereocenters. The number of carboxylic acid groups (broad SMARTS) is 1.